The first-order chi connectivity index (χ1) is 13.9. The number of hydrogen-bond acceptors (Lipinski definition) is 6. The zero-order valence-electron chi connectivity index (χ0n) is 16.5. The number of anilines is 2. The van der Waals surface area contributed by atoms with Gasteiger partial charge in [0.1, 0.15) is 21.4 Å². The summed E-state index contributed by atoms with van der Waals surface area (Å²) in [6.07, 6.45) is 0. The minimum Gasteiger partial charge on any atom is -0.497 e. The Morgan fingerprint density at radius 1 is 1.00 bits per heavy atom. The molecule has 0 spiro atoms. The van der Waals surface area contributed by atoms with E-state index in [0.717, 1.165) is 16.3 Å². The van der Waals surface area contributed by atoms with Gasteiger partial charge in [0.15, 0.2) is 0 Å². The highest BCUT2D eigenvalue weighted by atomic mass is 32.1. The number of thiazole rings is 1. The number of hydrogen-bond donors (Lipinski definition) is 2. The number of nitrogens with one attached hydrogen (secondary N) is 2. The highest BCUT2D eigenvalue weighted by Crippen LogP contribution is 2.31. The number of aromatic nitrogens is 1. The van der Waals surface area contributed by atoms with Crippen molar-refractivity contribution >= 4 is 34.5 Å². The molecule has 8 heteroatoms. The molecule has 2 aromatic carbocycles. The molecule has 3 rings (SSSR count). The van der Waals surface area contributed by atoms with E-state index in [9.17, 15) is 9.59 Å². The fraction of sp³-hybridized carbons (Fsp3) is 0.190. The third-order valence-electron chi connectivity index (χ3n) is 4.11. The van der Waals surface area contributed by atoms with E-state index >= 15 is 0 Å². The summed E-state index contributed by atoms with van der Waals surface area (Å²) in [6.45, 7) is 3.21. The standard InChI is InChI=1S/C21H21N3O4S/c1-12-19(29-21(22-12)14-5-8-16(27-3)9-6-14)20(26)24-15-7-10-18(28-4)17(11-15)23-13(2)25/h5-11H,1-4H3,(H,23,25)(H,24,26). The lowest BCUT2D eigenvalue weighted by molar-refractivity contribution is -0.114. The molecule has 0 saturated carbocycles. The van der Waals surface area contributed by atoms with Crippen LogP contribution >= 0.6 is 11.3 Å². The lowest BCUT2D eigenvalue weighted by Gasteiger charge is -2.11. The van der Waals surface area contributed by atoms with E-state index in [-0.39, 0.29) is 11.8 Å². The molecule has 0 aliphatic heterocycles. The largest absolute Gasteiger partial charge is 0.497 e. The summed E-state index contributed by atoms with van der Waals surface area (Å²) in [6, 6.07) is 12.6. The summed E-state index contributed by atoms with van der Waals surface area (Å²) in [4.78, 5) is 29.2. The van der Waals surface area contributed by atoms with Crippen LogP contribution in [0.15, 0.2) is 42.5 Å². The molecule has 0 unspecified atom stereocenters. The molecule has 1 aromatic heterocycles. The van der Waals surface area contributed by atoms with Crippen LogP contribution in [-0.4, -0.2) is 31.0 Å². The minimum absolute atomic E-state index is 0.228. The fourth-order valence-electron chi connectivity index (χ4n) is 2.73. The Balaban J connectivity index is 1.82. The van der Waals surface area contributed by atoms with E-state index in [1.54, 1.807) is 32.2 Å². The van der Waals surface area contributed by atoms with Crippen LogP contribution in [0.4, 0.5) is 11.4 Å². The Hall–Kier alpha value is -3.39. The molecule has 0 bridgehead atoms. The molecule has 0 fully saturated rings. The number of methoxy groups -OCH3 is 2. The Morgan fingerprint density at radius 2 is 1.72 bits per heavy atom. The molecule has 2 N–H and O–H groups in total. The Labute approximate surface area is 172 Å². The lowest BCUT2D eigenvalue weighted by atomic mass is 10.2. The average molecular weight is 411 g/mol. The fourth-order valence-corrected chi connectivity index (χ4v) is 3.69. The zero-order chi connectivity index (χ0) is 21.0. The highest BCUT2D eigenvalue weighted by Gasteiger charge is 2.17. The molecule has 0 aliphatic carbocycles. The highest BCUT2D eigenvalue weighted by molar-refractivity contribution is 7.17. The van der Waals surface area contributed by atoms with Crippen molar-refractivity contribution in [1.29, 1.82) is 0 Å². The summed E-state index contributed by atoms with van der Waals surface area (Å²) in [5, 5.41) is 6.29. The van der Waals surface area contributed by atoms with E-state index in [4.69, 9.17) is 9.47 Å². The molecule has 0 atom stereocenters. The van der Waals surface area contributed by atoms with Crippen molar-refractivity contribution in [2.45, 2.75) is 13.8 Å². The third-order valence-corrected chi connectivity index (χ3v) is 5.31. The van der Waals surface area contributed by atoms with Crippen LogP contribution in [0.3, 0.4) is 0 Å². The maximum Gasteiger partial charge on any atom is 0.267 e. The molecule has 1 heterocycles. The summed E-state index contributed by atoms with van der Waals surface area (Å²) in [5.41, 5.74) is 2.58. The molecule has 150 valence electrons. The van der Waals surface area contributed by atoms with Gasteiger partial charge in [-0.1, -0.05) is 0 Å². The van der Waals surface area contributed by atoms with Gasteiger partial charge in [-0.3, -0.25) is 9.59 Å². The molecule has 0 saturated heterocycles. The summed E-state index contributed by atoms with van der Waals surface area (Å²) < 4.78 is 10.4. The number of ether oxygens (including phenoxy) is 2. The molecular weight excluding hydrogens is 390 g/mol. The number of carbonyl (C=O) groups is 2. The summed E-state index contributed by atoms with van der Waals surface area (Å²) in [5.74, 6) is 0.774. The van der Waals surface area contributed by atoms with Crippen molar-refractivity contribution < 1.29 is 19.1 Å². The number of amides is 2. The third kappa shape index (κ3) is 4.72. The quantitative estimate of drug-likeness (QED) is 0.630. The van der Waals surface area contributed by atoms with Crippen molar-refractivity contribution in [3.63, 3.8) is 0 Å². The smallest absolute Gasteiger partial charge is 0.267 e. The maximum atomic E-state index is 12.8. The molecule has 2 amide bonds. The second-order valence-corrected chi connectivity index (χ2v) is 7.21. The number of carbonyl (C=O) groups excluding carboxylic acids is 2. The van der Waals surface area contributed by atoms with Crippen LogP contribution in [-0.2, 0) is 4.79 Å². The molecule has 3 aromatic rings. The van der Waals surface area contributed by atoms with Gasteiger partial charge in [-0.05, 0) is 49.4 Å². The summed E-state index contributed by atoms with van der Waals surface area (Å²) >= 11 is 1.32. The van der Waals surface area contributed by atoms with E-state index < -0.39 is 0 Å². The van der Waals surface area contributed by atoms with Gasteiger partial charge in [-0.15, -0.1) is 11.3 Å². The van der Waals surface area contributed by atoms with Crippen LogP contribution in [0.1, 0.15) is 22.3 Å². The van der Waals surface area contributed by atoms with Crippen molar-refractivity contribution in [3.8, 4) is 22.1 Å². The SMILES string of the molecule is COc1ccc(-c2nc(C)c(C(=O)Nc3ccc(OC)c(NC(C)=O)c3)s2)cc1. The van der Waals surface area contributed by atoms with Crippen LogP contribution < -0.4 is 20.1 Å². The van der Waals surface area contributed by atoms with Crippen molar-refractivity contribution in [3.05, 3.63) is 53.0 Å². The van der Waals surface area contributed by atoms with Gasteiger partial charge >= 0.3 is 0 Å². The predicted octanol–water partition coefficient (Wildman–Crippen LogP) is 4.35. The zero-order valence-corrected chi connectivity index (χ0v) is 17.3. The lowest BCUT2D eigenvalue weighted by Crippen LogP contribution is -2.13. The minimum atomic E-state index is -0.265. The second kappa shape index (κ2) is 8.74. The Morgan fingerprint density at radius 3 is 2.34 bits per heavy atom. The number of aryl methyl sites for hydroxylation is 1. The average Bonchev–Trinajstić information content (AvgIpc) is 3.09. The first-order valence-electron chi connectivity index (χ1n) is 8.80. The summed E-state index contributed by atoms with van der Waals surface area (Å²) in [7, 11) is 3.13. The molecular formula is C21H21N3O4S. The van der Waals surface area contributed by atoms with Gasteiger partial charge in [0.2, 0.25) is 5.91 Å². The number of rotatable bonds is 6. The van der Waals surface area contributed by atoms with Crippen LogP contribution in [0.5, 0.6) is 11.5 Å². The van der Waals surface area contributed by atoms with Crippen molar-refractivity contribution in [1.82, 2.24) is 4.98 Å². The Kier molecular flexibility index (Phi) is 6.13. The topological polar surface area (TPSA) is 89.6 Å². The number of nitrogens with zero attached hydrogens (tertiary/aromatic N) is 1. The maximum absolute atomic E-state index is 12.8. The van der Waals surface area contributed by atoms with E-state index in [1.165, 1.54) is 25.4 Å². The second-order valence-electron chi connectivity index (χ2n) is 6.21. The van der Waals surface area contributed by atoms with Crippen LogP contribution in [0, 0.1) is 6.92 Å². The normalized spacial score (nSPS) is 10.3. The van der Waals surface area contributed by atoms with Gasteiger partial charge < -0.3 is 20.1 Å². The number of benzene rings is 2. The first-order valence-corrected chi connectivity index (χ1v) is 9.61. The van der Waals surface area contributed by atoms with Crippen LogP contribution in [0.25, 0.3) is 10.6 Å². The molecule has 7 nitrogen and oxygen atoms in total. The monoisotopic (exact) mass is 411 g/mol. The van der Waals surface area contributed by atoms with Gasteiger partial charge in [0.05, 0.1) is 25.6 Å². The van der Waals surface area contributed by atoms with E-state index in [1.807, 2.05) is 24.3 Å². The van der Waals surface area contributed by atoms with E-state index in [0.29, 0.717) is 27.7 Å². The van der Waals surface area contributed by atoms with Gasteiger partial charge in [-0.25, -0.2) is 4.98 Å². The molecule has 29 heavy (non-hydrogen) atoms. The molecule has 0 aliphatic rings. The van der Waals surface area contributed by atoms with Gasteiger partial charge in [-0.2, -0.15) is 0 Å². The van der Waals surface area contributed by atoms with Gasteiger partial charge in [0.25, 0.3) is 5.91 Å². The van der Waals surface area contributed by atoms with Crippen molar-refractivity contribution in [2.24, 2.45) is 0 Å². The Bertz CT molecular complexity index is 1040. The van der Waals surface area contributed by atoms with Crippen molar-refractivity contribution in [2.75, 3.05) is 24.9 Å². The van der Waals surface area contributed by atoms with Gasteiger partial charge in [0, 0.05) is 18.2 Å². The molecule has 0 radical (unpaired) electrons. The van der Waals surface area contributed by atoms with E-state index in [2.05, 4.69) is 15.6 Å². The van der Waals surface area contributed by atoms with Crippen LogP contribution in [0.2, 0.25) is 0 Å². The first kappa shape index (κ1) is 20.3. The predicted molar refractivity (Wildman–Crippen MR) is 114 cm³/mol.